The molecule has 1 amide bonds. The summed E-state index contributed by atoms with van der Waals surface area (Å²) in [6.07, 6.45) is 0. The first-order valence-electron chi connectivity index (χ1n) is 11.2. The molecule has 0 aliphatic rings. The quantitative estimate of drug-likeness (QED) is 0.264. The fraction of sp³-hybridized carbons (Fsp3) is 0.120. The maximum absolute atomic E-state index is 13.3. The number of carbonyl (C=O) groups excluding carboxylic acids is 1. The predicted molar refractivity (Wildman–Crippen MR) is 134 cm³/mol. The molecule has 36 heavy (non-hydrogen) atoms. The molecule has 0 aliphatic heterocycles. The average molecular weight is 483 g/mol. The largest absolute Gasteiger partial charge is 0.494 e. The molecule has 0 aliphatic carbocycles. The number of amides is 1. The van der Waals surface area contributed by atoms with Crippen molar-refractivity contribution in [3.63, 3.8) is 0 Å². The highest BCUT2D eigenvalue weighted by molar-refractivity contribution is 6.10. The van der Waals surface area contributed by atoms with Gasteiger partial charge in [0.25, 0.3) is 5.91 Å². The summed E-state index contributed by atoms with van der Waals surface area (Å²) < 4.78 is 11.6. The van der Waals surface area contributed by atoms with Crippen LogP contribution in [0.25, 0.3) is 27.8 Å². The fourth-order valence-electron chi connectivity index (χ4n) is 3.87. The van der Waals surface area contributed by atoms with E-state index in [9.17, 15) is 4.79 Å². The number of nitrogens with one attached hydrogen (secondary N) is 1. The summed E-state index contributed by atoms with van der Waals surface area (Å²) in [5, 5.41) is 22.0. The van der Waals surface area contributed by atoms with E-state index < -0.39 is 5.91 Å². The molecule has 0 saturated carbocycles. The Morgan fingerprint density at radius 3 is 2.72 bits per heavy atom. The smallest absolute Gasteiger partial charge is 0.294 e. The summed E-state index contributed by atoms with van der Waals surface area (Å²) in [7, 11) is 0. The van der Waals surface area contributed by atoms with Crippen LogP contribution in [-0.4, -0.2) is 43.5 Å². The molecule has 11 heteroatoms. The monoisotopic (exact) mass is 482 g/mol. The number of nitrogens with zero attached hydrogens (tertiary/aromatic N) is 6. The molecule has 0 radical (unpaired) electrons. The summed E-state index contributed by atoms with van der Waals surface area (Å²) in [5.74, 6) is 0.158. The molecule has 0 spiro atoms. The second-order valence-corrected chi connectivity index (χ2v) is 7.80. The fourth-order valence-corrected chi connectivity index (χ4v) is 3.87. The van der Waals surface area contributed by atoms with Gasteiger partial charge in [-0.15, -0.1) is 5.10 Å². The van der Waals surface area contributed by atoms with Crippen molar-refractivity contribution in [2.45, 2.75) is 13.8 Å². The van der Waals surface area contributed by atoms with Gasteiger partial charge in [0, 0.05) is 11.1 Å². The lowest BCUT2D eigenvalue weighted by atomic mass is 10.0. The number of nitrogens with two attached hydrogens (primary N) is 1. The molecule has 0 unspecified atom stereocenters. The van der Waals surface area contributed by atoms with Crippen molar-refractivity contribution < 1.29 is 14.2 Å². The van der Waals surface area contributed by atoms with E-state index in [0.29, 0.717) is 29.3 Å². The third kappa shape index (κ3) is 4.25. The predicted octanol–water partition coefficient (Wildman–Crippen LogP) is 3.61. The van der Waals surface area contributed by atoms with E-state index in [2.05, 4.69) is 31.2 Å². The lowest BCUT2D eigenvalue weighted by molar-refractivity contribution is 0.0950. The van der Waals surface area contributed by atoms with Crippen LogP contribution in [0.15, 0.2) is 76.5 Å². The summed E-state index contributed by atoms with van der Waals surface area (Å²) in [6, 6.07) is 21.1. The molecule has 0 fully saturated rings. The SMILES string of the molecule is CCOc1cccc(-c2c(C(=O)N/N=C(\C)c3cccc4ccccc34)nnn2-c2nonc2N)c1. The van der Waals surface area contributed by atoms with Crippen molar-refractivity contribution in [1.29, 1.82) is 0 Å². The second-order valence-electron chi connectivity index (χ2n) is 7.80. The van der Waals surface area contributed by atoms with Crippen LogP contribution in [0, 0.1) is 0 Å². The highest BCUT2D eigenvalue weighted by atomic mass is 16.6. The van der Waals surface area contributed by atoms with Gasteiger partial charge >= 0.3 is 0 Å². The van der Waals surface area contributed by atoms with Crippen molar-refractivity contribution in [2.75, 3.05) is 12.3 Å². The van der Waals surface area contributed by atoms with Crippen LogP contribution in [0.4, 0.5) is 5.82 Å². The minimum Gasteiger partial charge on any atom is -0.494 e. The standard InChI is InChI=1S/C25H22N8O3/c1-3-35-18-11-6-10-17(14-18)22-21(28-32-33(22)24-23(26)30-36-31-24)25(34)29-27-15(2)19-13-7-9-16-8-4-5-12-20(16)19/h4-14H,3H2,1-2H3,(H2,26,30)(H,29,34)/b27-15+. The minimum absolute atomic E-state index is 0.00103. The van der Waals surface area contributed by atoms with Crippen molar-refractivity contribution in [2.24, 2.45) is 5.10 Å². The van der Waals surface area contributed by atoms with Gasteiger partial charge in [-0.05, 0) is 47.1 Å². The molecule has 180 valence electrons. The Morgan fingerprint density at radius 2 is 1.92 bits per heavy atom. The van der Waals surface area contributed by atoms with Crippen molar-refractivity contribution in [3.8, 4) is 22.8 Å². The van der Waals surface area contributed by atoms with Crippen LogP contribution in [0.3, 0.4) is 0 Å². The first kappa shape index (κ1) is 22.7. The lowest BCUT2D eigenvalue weighted by Crippen LogP contribution is -2.21. The number of aromatic nitrogens is 5. The van der Waals surface area contributed by atoms with E-state index in [-0.39, 0.29) is 17.3 Å². The summed E-state index contributed by atoms with van der Waals surface area (Å²) in [4.78, 5) is 13.3. The topological polar surface area (TPSA) is 146 Å². The maximum Gasteiger partial charge on any atom is 0.294 e. The molecule has 5 rings (SSSR count). The Kier molecular flexibility index (Phi) is 6.10. The summed E-state index contributed by atoms with van der Waals surface area (Å²) >= 11 is 0. The Hall–Kier alpha value is -5.06. The van der Waals surface area contributed by atoms with Gasteiger partial charge in [0.1, 0.15) is 11.4 Å². The van der Waals surface area contributed by atoms with E-state index in [1.165, 1.54) is 4.68 Å². The van der Waals surface area contributed by atoms with Crippen molar-refractivity contribution in [3.05, 3.63) is 78.0 Å². The number of rotatable bonds is 7. The van der Waals surface area contributed by atoms with E-state index >= 15 is 0 Å². The van der Waals surface area contributed by atoms with E-state index in [1.807, 2.05) is 62.4 Å². The number of anilines is 1. The Morgan fingerprint density at radius 1 is 1.11 bits per heavy atom. The number of hydrogen-bond acceptors (Lipinski definition) is 9. The van der Waals surface area contributed by atoms with Gasteiger partial charge in [-0.1, -0.05) is 59.8 Å². The number of carbonyl (C=O) groups is 1. The van der Waals surface area contributed by atoms with Gasteiger partial charge in [0.15, 0.2) is 5.69 Å². The molecule has 0 atom stereocenters. The minimum atomic E-state index is -0.562. The molecule has 0 bridgehead atoms. The Bertz CT molecular complexity index is 1580. The zero-order chi connectivity index (χ0) is 25.1. The second kappa shape index (κ2) is 9.66. The van der Waals surface area contributed by atoms with E-state index in [0.717, 1.165) is 16.3 Å². The van der Waals surface area contributed by atoms with Crippen LogP contribution >= 0.6 is 0 Å². The van der Waals surface area contributed by atoms with Crippen molar-refractivity contribution >= 4 is 28.2 Å². The van der Waals surface area contributed by atoms with Gasteiger partial charge < -0.3 is 10.5 Å². The molecule has 2 aromatic heterocycles. The zero-order valence-electron chi connectivity index (χ0n) is 19.5. The zero-order valence-corrected chi connectivity index (χ0v) is 19.5. The summed E-state index contributed by atoms with van der Waals surface area (Å²) in [6.45, 7) is 4.19. The number of benzene rings is 3. The van der Waals surface area contributed by atoms with Gasteiger partial charge in [0.05, 0.1) is 12.3 Å². The Balaban J connectivity index is 1.53. The number of hydrogen-bond donors (Lipinski definition) is 2. The third-order valence-corrected chi connectivity index (χ3v) is 5.50. The highest BCUT2D eigenvalue weighted by Crippen LogP contribution is 2.29. The number of nitrogen functional groups attached to an aromatic ring is 1. The third-order valence-electron chi connectivity index (χ3n) is 5.50. The summed E-state index contributed by atoms with van der Waals surface area (Å²) in [5.41, 5.74) is 11.0. The van der Waals surface area contributed by atoms with E-state index in [1.54, 1.807) is 18.2 Å². The van der Waals surface area contributed by atoms with Gasteiger partial charge in [-0.3, -0.25) is 4.79 Å². The molecule has 2 heterocycles. The lowest BCUT2D eigenvalue weighted by Gasteiger charge is -2.09. The molecule has 5 aromatic rings. The van der Waals surface area contributed by atoms with Crippen molar-refractivity contribution in [1.82, 2.24) is 30.7 Å². The number of hydrazone groups is 1. The normalized spacial score (nSPS) is 11.6. The molecule has 0 saturated heterocycles. The van der Waals surface area contributed by atoms with Crippen LogP contribution in [0.1, 0.15) is 29.9 Å². The molecular formula is C25H22N8O3. The molecule has 3 aromatic carbocycles. The van der Waals surface area contributed by atoms with Gasteiger partial charge in [-0.25, -0.2) is 10.1 Å². The van der Waals surface area contributed by atoms with Crippen LogP contribution < -0.4 is 15.9 Å². The average Bonchev–Trinajstić information content (AvgIpc) is 3.53. The van der Waals surface area contributed by atoms with Crippen LogP contribution in [-0.2, 0) is 0 Å². The maximum atomic E-state index is 13.3. The number of fused-ring (bicyclic) bond motifs is 1. The van der Waals surface area contributed by atoms with Gasteiger partial charge in [-0.2, -0.15) is 9.78 Å². The van der Waals surface area contributed by atoms with E-state index in [4.69, 9.17) is 15.1 Å². The molecule has 11 nitrogen and oxygen atoms in total. The first-order valence-corrected chi connectivity index (χ1v) is 11.2. The number of ether oxygens (including phenoxy) is 1. The Labute approximate surface area is 205 Å². The first-order chi connectivity index (χ1) is 17.6. The molecule has 3 N–H and O–H groups in total. The van der Waals surface area contributed by atoms with Crippen LogP contribution in [0.5, 0.6) is 5.75 Å². The molecular weight excluding hydrogens is 460 g/mol. The highest BCUT2D eigenvalue weighted by Gasteiger charge is 2.25. The van der Waals surface area contributed by atoms with Gasteiger partial charge in [0.2, 0.25) is 11.6 Å². The van der Waals surface area contributed by atoms with Crippen LogP contribution in [0.2, 0.25) is 0 Å².